The first kappa shape index (κ1) is 17.5. The van der Waals surface area contributed by atoms with Gasteiger partial charge in [0.2, 0.25) is 0 Å². The van der Waals surface area contributed by atoms with Crippen LogP contribution in [0.3, 0.4) is 0 Å². The maximum atomic E-state index is 14.3. The lowest BCUT2D eigenvalue weighted by molar-refractivity contribution is 0.296. The SMILES string of the molecule is C=CC1CCC(CCc2ccc(C#Cc3ccccc3)c(F)c2)CC1. The summed E-state index contributed by atoms with van der Waals surface area (Å²) in [6.45, 7) is 3.90. The van der Waals surface area contributed by atoms with Crippen LogP contribution in [0.4, 0.5) is 4.39 Å². The van der Waals surface area contributed by atoms with Crippen LogP contribution < -0.4 is 0 Å². The molecule has 0 saturated heterocycles. The van der Waals surface area contributed by atoms with Crippen LogP contribution in [0.25, 0.3) is 0 Å². The lowest BCUT2D eigenvalue weighted by Crippen LogP contribution is -2.13. The molecule has 3 rings (SSSR count). The Bertz CT molecular complexity index is 756. The Labute approximate surface area is 150 Å². The average molecular weight is 332 g/mol. The third-order valence-corrected chi connectivity index (χ3v) is 5.21. The lowest BCUT2D eigenvalue weighted by Gasteiger charge is -2.26. The molecule has 2 aromatic carbocycles. The molecule has 1 fully saturated rings. The number of aryl methyl sites for hydroxylation is 1. The van der Waals surface area contributed by atoms with E-state index in [0.717, 1.165) is 29.9 Å². The topological polar surface area (TPSA) is 0 Å². The first-order chi connectivity index (χ1) is 12.2. The van der Waals surface area contributed by atoms with Gasteiger partial charge in [0.05, 0.1) is 5.56 Å². The molecule has 0 aliphatic heterocycles. The molecule has 0 unspecified atom stereocenters. The van der Waals surface area contributed by atoms with Crippen molar-refractivity contribution in [2.45, 2.75) is 38.5 Å². The third kappa shape index (κ3) is 5.07. The second-order valence-corrected chi connectivity index (χ2v) is 6.99. The molecule has 0 spiro atoms. The van der Waals surface area contributed by atoms with E-state index in [2.05, 4.69) is 24.5 Å². The van der Waals surface area contributed by atoms with Gasteiger partial charge in [-0.15, -0.1) is 6.58 Å². The zero-order valence-corrected chi connectivity index (χ0v) is 14.7. The number of benzene rings is 2. The highest BCUT2D eigenvalue weighted by Crippen LogP contribution is 2.32. The molecule has 1 aliphatic carbocycles. The second kappa shape index (κ2) is 8.67. The largest absolute Gasteiger partial charge is 0.206 e. The summed E-state index contributed by atoms with van der Waals surface area (Å²) in [5.41, 5.74) is 2.45. The molecule has 128 valence electrons. The van der Waals surface area contributed by atoms with Crippen molar-refractivity contribution in [3.63, 3.8) is 0 Å². The van der Waals surface area contributed by atoms with Crippen LogP contribution in [0.2, 0.25) is 0 Å². The number of hydrogen-bond donors (Lipinski definition) is 0. The summed E-state index contributed by atoms with van der Waals surface area (Å²) >= 11 is 0. The van der Waals surface area contributed by atoms with Crippen LogP contribution in [0.5, 0.6) is 0 Å². The number of allylic oxidation sites excluding steroid dienone is 1. The minimum absolute atomic E-state index is 0.212. The first-order valence-corrected chi connectivity index (χ1v) is 9.22. The highest BCUT2D eigenvalue weighted by molar-refractivity contribution is 5.44. The van der Waals surface area contributed by atoms with Crippen LogP contribution in [0.15, 0.2) is 61.2 Å². The van der Waals surface area contributed by atoms with E-state index in [1.807, 2.05) is 42.5 Å². The molecule has 0 amide bonds. The first-order valence-electron chi connectivity index (χ1n) is 9.22. The van der Waals surface area contributed by atoms with Crippen LogP contribution in [-0.2, 0) is 6.42 Å². The molecule has 0 heterocycles. The minimum atomic E-state index is -0.212. The molecule has 2 aromatic rings. The van der Waals surface area contributed by atoms with E-state index in [0.29, 0.717) is 11.5 Å². The monoisotopic (exact) mass is 332 g/mol. The van der Waals surface area contributed by atoms with Gasteiger partial charge < -0.3 is 0 Å². The Morgan fingerprint density at radius 3 is 2.44 bits per heavy atom. The van der Waals surface area contributed by atoms with Crippen molar-refractivity contribution in [1.82, 2.24) is 0 Å². The van der Waals surface area contributed by atoms with Crippen molar-refractivity contribution in [2.75, 3.05) is 0 Å². The number of halogens is 1. The Hall–Kier alpha value is -2.33. The fourth-order valence-corrected chi connectivity index (χ4v) is 3.56. The van der Waals surface area contributed by atoms with Crippen LogP contribution >= 0.6 is 0 Å². The summed E-state index contributed by atoms with van der Waals surface area (Å²) in [6, 6.07) is 15.2. The maximum absolute atomic E-state index is 14.3. The van der Waals surface area contributed by atoms with Gasteiger partial charge >= 0.3 is 0 Å². The molecule has 0 N–H and O–H groups in total. The van der Waals surface area contributed by atoms with Gasteiger partial charge in [-0.05, 0) is 80.2 Å². The molecule has 0 atom stereocenters. The van der Waals surface area contributed by atoms with E-state index in [1.165, 1.54) is 25.7 Å². The van der Waals surface area contributed by atoms with Gasteiger partial charge in [-0.2, -0.15) is 0 Å². The number of hydrogen-bond acceptors (Lipinski definition) is 0. The maximum Gasteiger partial charge on any atom is 0.139 e. The predicted octanol–water partition coefficient (Wildman–Crippen LogP) is 6.15. The zero-order valence-electron chi connectivity index (χ0n) is 14.7. The van der Waals surface area contributed by atoms with Gasteiger partial charge in [-0.3, -0.25) is 0 Å². The molecule has 1 heteroatoms. The second-order valence-electron chi connectivity index (χ2n) is 6.99. The fraction of sp³-hybridized carbons (Fsp3) is 0.333. The van der Waals surface area contributed by atoms with Crippen molar-refractivity contribution in [1.29, 1.82) is 0 Å². The standard InChI is InChI=1S/C24H25F/c1-2-19-8-10-21(11-9-19)12-13-22-15-17-23(24(25)18-22)16-14-20-6-4-3-5-7-20/h2-7,15,17-19,21H,1,8-13H2. The summed E-state index contributed by atoms with van der Waals surface area (Å²) < 4.78 is 14.3. The van der Waals surface area contributed by atoms with Crippen molar-refractivity contribution in [3.05, 3.63) is 83.7 Å². The summed E-state index contributed by atoms with van der Waals surface area (Å²) in [5.74, 6) is 7.22. The summed E-state index contributed by atoms with van der Waals surface area (Å²) in [4.78, 5) is 0. The molecular weight excluding hydrogens is 307 g/mol. The van der Waals surface area contributed by atoms with Gasteiger partial charge in [-0.1, -0.05) is 42.2 Å². The highest BCUT2D eigenvalue weighted by Gasteiger charge is 2.18. The highest BCUT2D eigenvalue weighted by atomic mass is 19.1. The number of rotatable bonds is 4. The molecule has 25 heavy (non-hydrogen) atoms. The molecular formula is C24H25F. The third-order valence-electron chi connectivity index (χ3n) is 5.21. The zero-order chi connectivity index (χ0) is 17.5. The Morgan fingerprint density at radius 2 is 1.76 bits per heavy atom. The van der Waals surface area contributed by atoms with Crippen LogP contribution in [0.1, 0.15) is 48.8 Å². The Morgan fingerprint density at radius 1 is 1.00 bits per heavy atom. The van der Waals surface area contributed by atoms with Crippen LogP contribution in [0, 0.1) is 29.5 Å². The van der Waals surface area contributed by atoms with E-state index in [-0.39, 0.29) is 5.82 Å². The average Bonchev–Trinajstić information content (AvgIpc) is 2.67. The molecule has 0 radical (unpaired) electrons. The molecule has 0 nitrogen and oxygen atoms in total. The lowest BCUT2D eigenvalue weighted by atomic mass is 9.79. The minimum Gasteiger partial charge on any atom is -0.206 e. The van der Waals surface area contributed by atoms with Gasteiger partial charge in [0, 0.05) is 5.56 Å². The molecule has 1 saturated carbocycles. The van der Waals surface area contributed by atoms with Gasteiger partial charge in [0.1, 0.15) is 5.82 Å². The van der Waals surface area contributed by atoms with E-state index in [1.54, 1.807) is 6.07 Å². The molecule has 1 aliphatic rings. The van der Waals surface area contributed by atoms with Gasteiger partial charge in [0.25, 0.3) is 0 Å². The quantitative estimate of drug-likeness (QED) is 0.465. The smallest absolute Gasteiger partial charge is 0.139 e. The van der Waals surface area contributed by atoms with Gasteiger partial charge in [0.15, 0.2) is 0 Å². The Balaban J connectivity index is 1.57. The van der Waals surface area contributed by atoms with Crippen molar-refractivity contribution in [3.8, 4) is 11.8 Å². The van der Waals surface area contributed by atoms with E-state index in [9.17, 15) is 4.39 Å². The van der Waals surface area contributed by atoms with Crippen LogP contribution in [-0.4, -0.2) is 0 Å². The van der Waals surface area contributed by atoms with E-state index >= 15 is 0 Å². The van der Waals surface area contributed by atoms with E-state index in [4.69, 9.17) is 0 Å². The molecule has 0 aromatic heterocycles. The van der Waals surface area contributed by atoms with Crippen molar-refractivity contribution < 1.29 is 4.39 Å². The fourth-order valence-electron chi connectivity index (χ4n) is 3.56. The normalized spacial score (nSPS) is 19.7. The Kier molecular flexibility index (Phi) is 6.07. The summed E-state index contributed by atoms with van der Waals surface area (Å²) in [6.07, 6.45) is 9.28. The van der Waals surface area contributed by atoms with Gasteiger partial charge in [-0.25, -0.2) is 4.39 Å². The molecule has 0 bridgehead atoms. The predicted molar refractivity (Wildman–Crippen MR) is 103 cm³/mol. The van der Waals surface area contributed by atoms with Crippen molar-refractivity contribution >= 4 is 0 Å². The summed E-state index contributed by atoms with van der Waals surface area (Å²) in [5, 5.41) is 0. The summed E-state index contributed by atoms with van der Waals surface area (Å²) in [7, 11) is 0. The van der Waals surface area contributed by atoms with Crippen molar-refractivity contribution in [2.24, 2.45) is 11.8 Å². The van der Waals surface area contributed by atoms with E-state index < -0.39 is 0 Å².